The van der Waals surface area contributed by atoms with Gasteiger partial charge in [-0.3, -0.25) is 9.69 Å². The van der Waals surface area contributed by atoms with Crippen molar-refractivity contribution in [1.29, 1.82) is 0 Å². The summed E-state index contributed by atoms with van der Waals surface area (Å²) < 4.78 is 0. The van der Waals surface area contributed by atoms with Gasteiger partial charge in [-0.25, -0.2) is 9.97 Å². The molecule has 6 heteroatoms. The minimum absolute atomic E-state index is 0.318. The van der Waals surface area contributed by atoms with E-state index in [1.807, 2.05) is 13.8 Å². The molecule has 0 radical (unpaired) electrons. The van der Waals surface area contributed by atoms with Crippen molar-refractivity contribution in [1.82, 2.24) is 19.8 Å². The molecule has 0 N–H and O–H groups in total. The van der Waals surface area contributed by atoms with E-state index in [2.05, 4.69) is 30.7 Å². The first-order valence-electron chi connectivity index (χ1n) is 10.4. The SMILES string of the molecule is Cc1cc(N2CCCN(CN3C(=O)CCC4=C3CCCC4)CC2)nc(C)n1. The third-order valence-corrected chi connectivity index (χ3v) is 6.02. The summed E-state index contributed by atoms with van der Waals surface area (Å²) in [6.07, 6.45) is 7.57. The van der Waals surface area contributed by atoms with E-state index >= 15 is 0 Å². The number of amides is 1. The lowest BCUT2D eigenvalue weighted by atomic mass is 9.89. The summed E-state index contributed by atoms with van der Waals surface area (Å²) in [7, 11) is 0. The van der Waals surface area contributed by atoms with Crippen LogP contribution in [0.2, 0.25) is 0 Å². The Bertz CT molecular complexity index is 724. The van der Waals surface area contributed by atoms with E-state index in [1.54, 1.807) is 5.57 Å². The molecule has 4 rings (SSSR count). The zero-order chi connectivity index (χ0) is 18.8. The van der Waals surface area contributed by atoms with Crippen LogP contribution in [0.25, 0.3) is 0 Å². The molecule has 146 valence electrons. The number of anilines is 1. The van der Waals surface area contributed by atoms with Crippen LogP contribution in [0.5, 0.6) is 0 Å². The summed E-state index contributed by atoms with van der Waals surface area (Å²) in [4.78, 5) is 28.5. The lowest BCUT2D eigenvalue weighted by molar-refractivity contribution is -0.132. The number of nitrogens with zero attached hydrogens (tertiary/aromatic N) is 5. The Morgan fingerprint density at radius 1 is 0.926 bits per heavy atom. The average molecular weight is 370 g/mol. The average Bonchev–Trinajstić information content (AvgIpc) is 2.89. The molecule has 27 heavy (non-hydrogen) atoms. The molecule has 0 bridgehead atoms. The van der Waals surface area contributed by atoms with Crippen LogP contribution in [-0.2, 0) is 4.79 Å². The second kappa shape index (κ2) is 7.97. The number of hydrogen-bond acceptors (Lipinski definition) is 5. The van der Waals surface area contributed by atoms with Crippen LogP contribution in [-0.4, -0.2) is 58.5 Å². The van der Waals surface area contributed by atoms with Crippen LogP contribution in [0.15, 0.2) is 17.3 Å². The smallest absolute Gasteiger partial charge is 0.228 e. The van der Waals surface area contributed by atoms with Crippen LogP contribution >= 0.6 is 0 Å². The molecule has 1 aromatic rings. The summed E-state index contributed by atoms with van der Waals surface area (Å²) in [5.41, 5.74) is 3.92. The number of aryl methyl sites for hydroxylation is 2. The fraction of sp³-hybridized carbons (Fsp3) is 0.667. The quantitative estimate of drug-likeness (QED) is 0.820. The number of allylic oxidation sites excluding steroid dienone is 2. The van der Waals surface area contributed by atoms with Gasteiger partial charge in [-0.2, -0.15) is 0 Å². The molecule has 1 saturated heterocycles. The molecule has 6 nitrogen and oxygen atoms in total. The Labute approximate surface area is 162 Å². The fourth-order valence-electron chi connectivity index (χ4n) is 4.66. The maximum atomic E-state index is 12.6. The van der Waals surface area contributed by atoms with Gasteiger partial charge in [0.15, 0.2) is 0 Å². The van der Waals surface area contributed by atoms with Crippen LogP contribution in [0.3, 0.4) is 0 Å². The van der Waals surface area contributed by atoms with Crippen LogP contribution in [0.4, 0.5) is 5.82 Å². The highest BCUT2D eigenvalue weighted by Crippen LogP contribution is 2.34. The predicted molar refractivity (Wildman–Crippen MR) is 106 cm³/mol. The summed E-state index contributed by atoms with van der Waals surface area (Å²) in [6.45, 7) is 8.70. The van der Waals surface area contributed by atoms with Gasteiger partial charge in [0.25, 0.3) is 0 Å². The van der Waals surface area contributed by atoms with Crippen LogP contribution in [0.1, 0.15) is 56.5 Å². The van der Waals surface area contributed by atoms with Crippen molar-refractivity contribution in [3.8, 4) is 0 Å². The fourth-order valence-corrected chi connectivity index (χ4v) is 4.66. The van der Waals surface area contributed by atoms with Gasteiger partial charge >= 0.3 is 0 Å². The van der Waals surface area contributed by atoms with Gasteiger partial charge in [-0.05, 0) is 52.4 Å². The molecular weight excluding hydrogens is 338 g/mol. The van der Waals surface area contributed by atoms with Gasteiger partial charge in [0, 0.05) is 50.1 Å². The molecule has 3 aliphatic rings. The van der Waals surface area contributed by atoms with E-state index in [1.165, 1.54) is 25.0 Å². The number of carbonyl (C=O) groups is 1. The molecule has 0 aromatic carbocycles. The Hall–Kier alpha value is -1.95. The van der Waals surface area contributed by atoms with Crippen molar-refractivity contribution < 1.29 is 4.79 Å². The lowest BCUT2D eigenvalue weighted by Gasteiger charge is -2.37. The standard InChI is InChI=1S/C21H31N5O/c1-16-14-20(23-17(2)22-16)25-11-5-10-24(12-13-25)15-26-19-7-4-3-6-18(19)8-9-21(26)27/h14H,3-13,15H2,1-2H3. The Balaban J connectivity index is 1.43. The molecular formula is C21H31N5O. The number of carbonyl (C=O) groups excluding carboxylic acids is 1. The normalized spacial score (nSPS) is 22.1. The number of hydrogen-bond donors (Lipinski definition) is 0. The third kappa shape index (κ3) is 4.15. The molecule has 1 fully saturated rings. The van der Waals surface area contributed by atoms with Gasteiger partial charge in [-0.1, -0.05) is 5.57 Å². The van der Waals surface area contributed by atoms with E-state index < -0.39 is 0 Å². The largest absolute Gasteiger partial charge is 0.355 e. The zero-order valence-electron chi connectivity index (χ0n) is 16.7. The van der Waals surface area contributed by atoms with E-state index in [0.29, 0.717) is 12.3 Å². The Kier molecular flexibility index (Phi) is 5.43. The third-order valence-electron chi connectivity index (χ3n) is 6.02. The number of rotatable bonds is 3. The lowest BCUT2D eigenvalue weighted by Crippen LogP contribution is -2.44. The minimum atomic E-state index is 0.318. The molecule has 0 spiro atoms. The molecule has 0 saturated carbocycles. The first-order chi connectivity index (χ1) is 13.1. The molecule has 2 aliphatic heterocycles. The topological polar surface area (TPSA) is 52.6 Å². The van der Waals surface area contributed by atoms with E-state index in [-0.39, 0.29) is 0 Å². The van der Waals surface area contributed by atoms with Crippen LogP contribution < -0.4 is 4.90 Å². The maximum absolute atomic E-state index is 12.6. The molecule has 3 heterocycles. The van der Waals surface area contributed by atoms with Crippen LogP contribution in [0, 0.1) is 13.8 Å². The first-order valence-corrected chi connectivity index (χ1v) is 10.4. The molecule has 1 aromatic heterocycles. The monoisotopic (exact) mass is 369 g/mol. The molecule has 1 aliphatic carbocycles. The van der Waals surface area contributed by atoms with Gasteiger partial charge < -0.3 is 9.80 Å². The van der Waals surface area contributed by atoms with E-state index in [4.69, 9.17) is 0 Å². The highest BCUT2D eigenvalue weighted by Gasteiger charge is 2.29. The second-order valence-corrected chi connectivity index (χ2v) is 8.09. The molecule has 0 unspecified atom stereocenters. The molecule has 1 amide bonds. The van der Waals surface area contributed by atoms with Crippen molar-refractivity contribution >= 4 is 11.7 Å². The Morgan fingerprint density at radius 2 is 1.78 bits per heavy atom. The second-order valence-electron chi connectivity index (χ2n) is 8.09. The molecule has 0 atom stereocenters. The summed E-state index contributed by atoms with van der Waals surface area (Å²) in [5, 5.41) is 0. The van der Waals surface area contributed by atoms with Crippen molar-refractivity contribution in [2.24, 2.45) is 0 Å². The summed E-state index contributed by atoms with van der Waals surface area (Å²) >= 11 is 0. The summed E-state index contributed by atoms with van der Waals surface area (Å²) in [6, 6.07) is 2.08. The van der Waals surface area contributed by atoms with Gasteiger partial charge in [0.1, 0.15) is 11.6 Å². The van der Waals surface area contributed by atoms with Gasteiger partial charge in [0.2, 0.25) is 5.91 Å². The highest BCUT2D eigenvalue weighted by molar-refractivity contribution is 5.80. The first kappa shape index (κ1) is 18.4. The number of aromatic nitrogens is 2. The van der Waals surface area contributed by atoms with E-state index in [9.17, 15) is 4.79 Å². The Morgan fingerprint density at radius 3 is 2.63 bits per heavy atom. The minimum Gasteiger partial charge on any atom is -0.355 e. The van der Waals surface area contributed by atoms with Gasteiger partial charge in [-0.15, -0.1) is 0 Å². The summed E-state index contributed by atoms with van der Waals surface area (Å²) in [5.74, 6) is 2.19. The van der Waals surface area contributed by atoms with Crippen molar-refractivity contribution in [2.75, 3.05) is 37.7 Å². The van der Waals surface area contributed by atoms with E-state index in [0.717, 1.165) is 69.4 Å². The van der Waals surface area contributed by atoms with Crippen molar-refractivity contribution in [3.05, 3.63) is 28.9 Å². The predicted octanol–water partition coefficient (Wildman–Crippen LogP) is 3.01. The van der Waals surface area contributed by atoms with Crippen molar-refractivity contribution in [2.45, 2.75) is 58.8 Å². The maximum Gasteiger partial charge on any atom is 0.228 e. The van der Waals surface area contributed by atoms with Gasteiger partial charge in [0.05, 0.1) is 6.67 Å². The highest BCUT2D eigenvalue weighted by atomic mass is 16.2. The van der Waals surface area contributed by atoms with Crippen molar-refractivity contribution in [3.63, 3.8) is 0 Å². The zero-order valence-corrected chi connectivity index (χ0v) is 16.7.